The van der Waals surface area contributed by atoms with Crippen LogP contribution in [0.5, 0.6) is 0 Å². The highest BCUT2D eigenvalue weighted by molar-refractivity contribution is 7.09. The first-order valence-corrected chi connectivity index (χ1v) is 5.89. The van der Waals surface area contributed by atoms with E-state index in [1.54, 1.807) is 0 Å². The summed E-state index contributed by atoms with van der Waals surface area (Å²) in [6.45, 7) is 2.22. The Morgan fingerprint density at radius 3 is 2.79 bits per heavy atom. The molecule has 14 heavy (non-hydrogen) atoms. The molecule has 1 aliphatic rings. The summed E-state index contributed by atoms with van der Waals surface area (Å²) in [6, 6.07) is 0.491. The molecule has 0 amide bonds. The lowest BCUT2D eigenvalue weighted by molar-refractivity contribution is 0.482. The van der Waals surface area contributed by atoms with Gasteiger partial charge >= 0.3 is 0 Å². The Bertz CT molecular complexity index is 293. The Hall–Kier alpha value is -0.840. The Balaban J connectivity index is 1.90. The average Bonchev–Trinajstić information content (AvgIpc) is 2.75. The number of nitrogens with one attached hydrogen (secondary N) is 1. The number of nitrogens with two attached hydrogens (primary N) is 1. The van der Waals surface area contributed by atoms with Crippen molar-refractivity contribution >= 4 is 22.6 Å². The van der Waals surface area contributed by atoms with Gasteiger partial charge in [-0.2, -0.15) is 9.36 Å². The molecule has 1 heterocycles. The maximum atomic E-state index is 5.46. The van der Waals surface area contributed by atoms with Crippen LogP contribution in [0.25, 0.3) is 0 Å². The molecular weight excluding hydrogens is 196 g/mol. The van der Waals surface area contributed by atoms with E-state index in [1.165, 1.54) is 37.2 Å². The SMILES string of the molecule is CC(Nc1nc(N)ns1)C1CCCC1. The largest absolute Gasteiger partial charge is 0.367 e. The zero-order valence-electron chi connectivity index (χ0n) is 8.36. The quantitative estimate of drug-likeness (QED) is 0.805. The van der Waals surface area contributed by atoms with E-state index in [-0.39, 0.29) is 0 Å². The van der Waals surface area contributed by atoms with Gasteiger partial charge in [-0.15, -0.1) is 0 Å². The van der Waals surface area contributed by atoms with Crippen molar-refractivity contribution in [1.29, 1.82) is 0 Å². The van der Waals surface area contributed by atoms with E-state index in [1.807, 2.05) is 0 Å². The second kappa shape index (κ2) is 4.13. The van der Waals surface area contributed by atoms with Crippen LogP contribution < -0.4 is 11.1 Å². The maximum Gasteiger partial charge on any atom is 0.233 e. The standard InChI is InChI=1S/C9H16N4S/c1-6(7-4-2-3-5-7)11-9-12-8(10)13-14-9/h6-7H,2-5H2,1H3,(H3,10,11,12,13). The van der Waals surface area contributed by atoms with Crippen LogP contribution in [-0.2, 0) is 0 Å². The lowest BCUT2D eigenvalue weighted by atomic mass is 10.0. The first kappa shape index (κ1) is 9.71. The molecule has 1 saturated carbocycles. The Kier molecular flexibility index (Phi) is 2.86. The molecule has 3 N–H and O–H groups in total. The highest BCUT2D eigenvalue weighted by atomic mass is 32.1. The first-order valence-electron chi connectivity index (χ1n) is 5.11. The number of hydrogen-bond acceptors (Lipinski definition) is 5. The van der Waals surface area contributed by atoms with Crippen molar-refractivity contribution in [3.8, 4) is 0 Å². The van der Waals surface area contributed by atoms with Gasteiger partial charge in [0, 0.05) is 17.6 Å². The summed E-state index contributed by atoms with van der Waals surface area (Å²) >= 11 is 1.34. The van der Waals surface area contributed by atoms with Crippen molar-refractivity contribution in [3.05, 3.63) is 0 Å². The fraction of sp³-hybridized carbons (Fsp3) is 0.778. The molecule has 2 rings (SSSR count). The highest BCUT2D eigenvalue weighted by Crippen LogP contribution is 2.29. The number of anilines is 2. The fourth-order valence-corrected chi connectivity index (χ4v) is 2.66. The summed E-state index contributed by atoms with van der Waals surface area (Å²) in [5, 5.41) is 4.22. The van der Waals surface area contributed by atoms with Crippen LogP contribution in [-0.4, -0.2) is 15.4 Å². The number of aromatic nitrogens is 2. The zero-order chi connectivity index (χ0) is 9.97. The van der Waals surface area contributed by atoms with E-state index >= 15 is 0 Å². The minimum absolute atomic E-state index is 0.371. The van der Waals surface area contributed by atoms with Crippen LogP contribution in [0, 0.1) is 5.92 Å². The zero-order valence-corrected chi connectivity index (χ0v) is 9.18. The van der Waals surface area contributed by atoms with Gasteiger partial charge in [0.1, 0.15) is 0 Å². The van der Waals surface area contributed by atoms with Crippen molar-refractivity contribution in [3.63, 3.8) is 0 Å². The van der Waals surface area contributed by atoms with E-state index in [4.69, 9.17) is 5.73 Å². The van der Waals surface area contributed by atoms with E-state index in [0.717, 1.165) is 11.0 Å². The molecule has 0 saturated heterocycles. The van der Waals surface area contributed by atoms with Crippen molar-refractivity contribution in [2.45, 2.75) is 38.6 Å². The molecule has 4 nitrogen and oxygen atoms in total. The molecule has 78 valence electrons. The van der Waals surface area contributed by atoms with E-state index in [2.05, 4.69) is 21.6 Å². The van der Waals surface area contributed by atoms with Gasteiger partial charge in [-0.25, -0.2) is 0 Å². The van der Waals surface area contributed by atoms with Crippen molar-refractivity contribution in [2.24, 2.45) is 5.92 Å². The molecule has 1 atom stereocenters. The molecule has 0 spiro atoms. The van der Waals surface area contributed by atoms with Gasteiger partial charge in [0.2, 0.25) is 11.1 Å². The van der Waals surface area contributed by atoms with E-state index < -0.39 is 0 Å². The van der Waals surface area contributed by atoms with Crippen LogP contribution in [0.15, 0.2) is 0 Å². The van der Waals surface area contributed by atoms with Gasteiger partial charge in [-0.05, 0) is 25.7 Å². The molecule has 1 fully saturated rings. The lowest BCUT2D eigenvalue weighted by Gasteiger charge is -2.19. The Morgan fingerprint density at radius 2 is 2.21 bits per heavy atom. The van der Waals surface area contributed by atoms with E-state index in [0.29, 0.717) is 12.0 Å². The molecule has 1 aliphatic carbocycles. The summed E-state index contributed by atoms with van der Waals surface area (Å²) < 4.78 is 3.94. The molecule has 0 aliphatic heterocycles. The molecule has 1 aromatic heterocycles. The van der Waals surface area contributed by atoms with Crippen LogP contribution >= 0.6 is 11.5 Å². The minimum atomic E-state index is 0.371. The topological polar surface area (TPSA) is 63.8 Å². The molecule has 0 radical (unpaired) electrons. The molecular formula is C9H16N4S. The van der Waals surface area contributed by atoms with Gasteiger partial charge in [0.15, 0.2) is 0 Å². The molecule has 0 bridgehead atoms. The average molecular weight is 212 g/mol. The van der Waals surface area contributed by atoms with Gasteiger partial charge in [-0.3, -0.25) is 0 Å². The predicted molar refractivity (Wildman–Crippen MR) is 59.4 cm³/mol. The Morgan fingerprint density at radius 1 is 1.50 bits per heavy atom. The third kappa shape index (κ3) is 2.15. The normalized spacial score (nSPS) is 19.8. The van der Waals surface area contributed by atoms with Gasteiger partial charge in [-0.1, -0.05) is 12.8 Å². The predicted octanol–water partition coefficient (Wildman–Crippen LogP) is 2.11. The lowest BCUT2D eigenvalue weighted by Crippen LogP contribution is -2.23. The molecule has 1 unspecified atom stereocenters. The molecule has 1 aromatic rings. The number of nitrogen functional groups attached to an aromatic ring is 1. The molecule has 0 aromatic carbocycles. The monoisotopic (exact) mass is 212 g/mol. The van der Waals surface area contributed by atoms with Crippen molar-refractivity contribution in [1.82, 2.24) is 9.36 Å². The summed E-state index contributed by atoms with van der Waals surface area (Å²) in [5.74, 6) is 1.16. The van der Waals surface area contributed by atoms with Gasteiger partial charge in [0.25, 0.3) is 0 Å². The second-order valence-corrected chi connectivity index (χ2v) is 4.69. The second-order valence-electron chi connectivity index (χ2n) is 3.94. The van der Waals surface area contributed by atoms with E-state index in [9.17, 15) is 0 Å². The summed E-state index contributed by atoms with van der Waals surface area (Å²) in [4.78, 5) is 4.10. The summed E-state index contributed by atoms with van der Waals surface area (Å²) in [5.41, 5.74) is 5.46. The smallest absolute Gasteiger partial charge is 0.233 e. The number of nitrogens with zero attached hydrogens (tertiary/aromatic N) is 2. The maximum absolute atomic E-state index is 5.46. The number of rotatable bonds is 3. The van der Waals surface area contributed by atoms with Gasteiger partial charge in [0.05, 0.1) is 0 Å². The summed E-state index contributed by atoms with van der Waals surface area (Å²) in [6.07, 6.45) is 5.41. The van der Waals surface area contributed by atoms with Gasteiger partial charge < -0.3 is 11.1 Å². The minimum Gasteiger partial charge on any atom is -0.367 e. The molecule has 5 heteroatoms. The fourth-order valence-electron chi connectivity index (χ4n) is 2.06. The first-order chi connectivity index (χ1) is 6.75. The highest BCUT2D eigenvalue weighted by Gasteiger charge is 2.21. The van der Waals surface area contributed by atoms with Crippen molar-refractivity contribution in [2.75, 3.05) is 11.1 Å². The van der Waals surface area contributed by atoms with Crippen LogP contribution in [0.1, 0.15) is 32.6 Å². The third-order valence-corrected chi connectivity index (χ3v) is 3.56. The van der Waals surface area contributed by atoms with Crippen molar-refractivity contribution < 1.29 is 0 Å². The van der Waals surface area contributed by atoms with Crippen LogP contribution in [0.4, 0.5) is 11.1 Å². The number of hydrogen-bond donors (Lipinski definition) is 2. The third-order valence-electron chi connectivity index (χ3n) is 2.90. The van der Waals surface area contributed by atoms with Crippen LogP contribution in [0.3, 0.4) is 0 Å². The summed E-state index contributed by atoms with van der Waals surface area (Å²) in [7, 11) is 0. The van der Waals surface area contributed by atoms with Crippen LogP contribution in [0.2, 0.25) is 0 Å². The Labute approximate surface area is 88.1 Å².